The van der Waals surface area contributed by atoms with Crippen molar-refractivity contribution in [3.63, 3.8) is 0 Å². The van der Waals surface area contributed by atoms with Crippen LogP contribution in [0.2, 0.25) is 0 Å². The predicted molar refractivity (Wildman–Crippen MR) is 14.7 cm³/mol. The first kappa shape index (κ1) is 9.38. The molecular weight excluding hydrogens is 95.0 g/mol. The molecule has 0 aromatic rings. The monoisotopic (exact) mass is 96.0 g/mol. The molecule has 0 aliphatic heterocycles. The molecule has 6 heavy (non-hydrogen) atoms. The second-order valence-corrected chi connectivity index (χ2v) is 0.291. The molecule has 0 unspecified atom stereocenters. The van der Waals surface area contributed by atoms with Gasteiger partial charge in [0.2, 0.25) is 0 Å². The van der Waals surface area contributed by atoms with Gasteiger partial charge < -0.3 is 5.53 Å². The number of hydrogen-bond donors (Lipinski definition) is 1. The Morgan fingerprint density at radius 3 is 2.17 bits per heavy atom. The SMILES string of the molecule is [N-]=NNN=O.[Na+]. The molecule has 1 N–H and O–H groups in total. The number of nitroso groups, excluding NO2 is 1. The first-order valence-electron chi connectivity index (χ1n) is 0.830. The number of nitrogens with one attached hydrogen (secondary N) is 1. The molecule has 0 amide bonds. The largest absolute Gasteiger partial charge is 1.00 e. The Balaban J connectivity index is 0. The predicted octanol–water partition coefficient (Wildman–Crippen LogP) is -2.80. The van der Waals surface area contributed by atoms with Crippen molar-refractivity contribution < 1.29 is 29.6 Å². The van der Waals surface area contributed by atoms with Gasteiger partial charge in [-0.3, -0.25) is 10.8 Å². The molecule has 0 atom stereocenters. The Bertz CT molecular complexity index is 36.8. The molecule has 0 aliphatic carbocycles. The van der Waals surface area contributed by atoms with Crippen molar-refractivity contribution in [3.8, 4) is 0 Å². The normalized spacial score (nSPS) is 4.67. The molecule has 0 heterocycles. The molecule has 0 fully saturated rings. The van der Waals surface area contributed by atoms with E-state index in [2.05, 4.69) is 5.22 Å². The molecule has 0 saturated carbocycles. The molecule has 6 heteroatoms. The summed E-state index contributed by atoms with van der Waals surface area (Å²) < 4.78 is 0. The Hall–Kier alpha value is 0. The van der Waals surface area contributed by atoms with Gasteiger partial charge in [0.05, 0.1) is 0 Å². The Morgan fingerprint density at radius 1 is 1.67 bits per heavy atom. The molecule has 0 bridgehead atoms. The zero-order chi connectivity index (χ0) is 4.12. The zero-order valence-electron chi connectivity index (χ0n) is 3.25. The molecule has 0 aliphatic rings. The van der Waals surface area contributed by atoms with E-state index >= 15 is 0 Å². The van der Waals surface area contributed by atoms with Gasteiger partial charge in [0.15, 0.2) is 0 Å². The van der Waals surface area contributed by atoms with Gasteiger partial charge in [0, 0.05) is 0 Å². The molecular formula is HN4NaO. The molecule has 0 saturated heterocycles. The first-order valence-corrected chi connectivity index (χ1v) is 0.830. The van der Waals surface area contributed by atoms with E-state index in [4.69, 9.17) is 10.4 Å². The van der Waals surface area contributed by atoms with E-state index in [9.17, 15) is 0 Å². The van der Waals surface area contributed by atoms with Gasteiger partial charge in [-0.15, -0.1) is 4.91 Å². The van der Waals surface area contributed by atoms with Crippen LogP contribution in [-0.4, -0.2) is 0 Å². The third-order valence-corrected chi connectivity index (χ3v) is 0.0855. The fourth-order valence-electron chi connectivity index (χ4n) is 0.0183. The van der Waals surface area contributed by atoms with Crippen LogP contribution in [0.4, 0.5) is 0 Å². The van der Waals surface area contributed by atoms with Crippen LogP contribution in [0, 0.1) is 4.91 Å². The van der Waals surface area contributed by atoms with Crippen molar-refractivity contribution in [2.45, 2.75) is 0 Å². The van der Waals surface area contributed by atoms with Crippen LogP contribution in [0.25, 0.3) is 5.53 Å². The average Bonchev–Trinajstić information content (AvgIpc) is 1.41. The maximum absolute atomic E-state index is 8.79. The molecule has 5 nitrogen and oxygen atoms in total. The third kappa shape index (κ3) is 9.00. The van der Waals surface area contributed by atoms with E-state index in [1.54, 1.807) is 0 Å². The third-order valence-electron chi connectivity index (χ3n) is 0.0855. The maximum atomic E-state index is 8.79. The summed E-state index contributed by atoms with van der Waals surface area (Å²) in [6.07, 6.45) is 0. The van der Waals surface area contributed by atoms with Crippen molar-refractivity contribution in [2.75, 3.05) is 0 Å². The molecule has 0 rings (SSSR count). The van der Waals surface area contributed by atoms with E-state index in [1.165, 1.54) is 5.53 Å². The second-order valence-electron chi connectivity index (χ2n) is 0.291. The van der Waals surface area contributed by atoms with Gasteiger partial charge in [0.1, 0.15) is 0 Å². The summed E-state index contributed by atoms with van der Waals surface area (Å²) in [5.74, 6) is 0. The molecule has 0 radical (unpaired) electrons. The summed E-state index contributed by atoms with van der Waals surface area (Å²) in [4.78, 5) is 8.79. The Morgan fingerprint density at radius 2 is 2.17 bits per heavy atom. The molecule has 0 aromatic carbocycles. The summed E-state index contributed by atoms with van der Waals surface area (Å²) >= 11 is 0. The minimum absolute atomic E-state index is 0. The van der Waals surface area contributed by atoms with Gasteiger partial charge in [-0.1, -0.05) is 0 Å². The standard InChI is InChI=1S/HN4O.Na/c1-2-3-4-5;/h(H-,1,3,5);/q-1;+1. The fraction of sp³-hybridized carbons (Fsp3) is 0. The van der Waals surface area contributed by atoms with E-state index in [-0.39, 0.29) is 29.6 Å². The summed E-state index contributed by atoms with van der Waals surface area (Å²) in [6, 6.07) is 0. The van der Waals surface area contributed by atoms with Crippen LogP contribution < -0.4 is 35.1 Å². The molecule has 0 aromatic heterocycles. The van der Waals surface area contributed by atoms with Crippen LogP contribution in [0.5, 0.6) is 0 Å². The van der Waals surface area contributed by atoms with Crippen LogP contribution in [0.15, 0.2) is 10.5 Å². The van der Waals surface area contributed by atoms with Crippen molar-refractivity contribution in [1.82, 2.24) is 5.53 Å². The fourth-order valence-corrected chi connectivity index (χ4v) is 0.0183. The van der Waals surface area contributed by atoms with Crippen molar-refractivity contribution in [1.29, 1.82) is 0 Å². The number of hydrogen-bond acceptors (Lipinski definition) is 3. The summed E-state index contributed by atoms with van der Waals surface area (Å²) in [5.41, 5.74) is 8.65. The quantitative estimate of drug-likeness (QED) is 0.174. The topological polar surface area (TPSA) is 76.1 Å². The summed E-state index contributed by atoms with van der Waals surface area (Å²) in [6.45, 7) is 0. The van der Waals surface area contributed by atoms with Gasteiger partial charge in [-0.2, -0.15) is 0 Å². The van der Waals surface area contributed by atoms with E-state index in [0.29, 0.717) is 0 Å². The van der Waals surface area contributed by atoms with Gasteiger partial charge in [-0.05, 0) is 5.29 Å². The van der Waals surface area contributed by atoms with E-state index in [0.717, 1.165) is 0 Å². The maximum Gasteiger partial charge on any atom is 1.00 e. The van der Waals surface area contributed by atoms with Gasteiger partial charge >= 0.3 is 29.6 Å². The Labute approximate surface area is 56.2 Å². The minimum atomic E-state index is 0. The first-order chi connectivity index (χ1) is 2.41. The average molecular weight is 96.0 g/mol. The van der Waals surface area contributed by atoms with Crippen LogP contribution >= 0.6 is 0 Å². The Kier molecular flexibility index (Phi) is 13.9. The van der Waals surface area contributed by atoms with Gasteiger partial charge in [-0.25, -0.2) is 0 Å². The summed E-state index contributed by atoms with van der Waals surface area (Å²) in [7, 11) is 0. The molecule has 28 valence electrons. The van der Waals surface area contributed by atoms with Crippen molar-refractivity contribution in [3.05, 3.63) is 10.4 Å². The smallest absolute Gasteiger partial charge is 0.360 e. The zero-order valence-corrected chi connectivity index (χ0v) is 5.25. The minimum Gasteiger partial charge on any atom is -0.360 e. The number of rotatable bonds is 2. The van der Waals surface area contributed by atoms with E-state index in [1.807, 2.05) is 5.29 Å². The summed E-state index contributed by atoms with van der Waals surface area (Å²) in [5, 5.41) is 4.06. The van der Waals surface area contributed by atoms with E-state index < -0.39 is 0 Å². The van der Waals surface area contributed by atoms with Crippen molar-refractivity contribution in [2.24, 2.45) is 10.5 Å². The number of nitrogens with zero attached hydrogens (tertiary/aromatic N) is 3. The van der Waals surface area contributed by atoms with Crippen LogP contribution in [0.1, 0.15) is 0 Å². The second kappa shape index (κ2) is 8.89. The molecule has 0 spiro atoms. The van der Waals surface area contributed by atoms with Crippen LogP contribution in [0.3, 0.4) is 0 Å². The van der Waals surface area contributed by atoms with Crippen molar-refractivity contribution >= 4 is 0 Å². The van der Waals surface area contributed by atoms with Crippen LogP contribution in [-0.2, 0) is 0 Å². The van der Waals surface area contributed by atoms with Gasteiger partial charge in [0.25, 0.3) is 0 Å².